The van der Waals surface area contributed by atoms with Gasteiger partial charge in [-0.1, -0.05) is 6.92 Å². The van der Waals surface area contributed by atoms with E-state index in [1.54, 1.807) is 0 Å². The van der Waals surface area contributed by atoms with Crippen LogP contribution in [0.25, 0.3) is 0 Å². The van der Waals surface area contributed by atoms with Crippen molar-refractivity contribution in [1.82, 2.24) is 9.97 Å². The van der Waals surface area contributed by atoms with Crippen molar-refractivity contribution in [3.8, 4) is 0 Å². The molecule has 0 unspecified atom stereocenters. The summed E-state index contributed by atoms with van der Waals surface area (Å²) in [5.41, 5.74) is 5.43. The van der Waals surface area contributed by atoms with Gasteiger partial charge in [-0.25, -0.2) is 4.98 Å². The van der Waals surface area contributed by atoms with Crippen molar-refractivity contribution in [3.63, 3.8) is 0 Å². The average Bonchev–Trinajstić information content (AvgIpc) is 3.45. The Morgan fingerprint density at radius 3 is 2.79 bits per heavy atom. The van der Waals surface area contributed by atoms with E-state index in [-0.39, 0.29) is 11.5 Å². The minimum absolute atomic E-state index is 0.109. The number of aromatic nitrogens is 2. The third kappa shape index (κ3) is 2.79. The van der Waals surface area contributed by atoms with Gasteiger partial charge in [-0.15, -0.1) is 0 Å². The van der Waals surface area contributed by atoms with E-state index in [0.717, 1.165) is 24.4 Å². The maximum atomic E-state index is 10.9. The number of nitro groups is 1. The van der Waals surface area contributed by atoms with Crippen molar-refractivity contribution in [2.75, 3.05) is 10.6 Å². The zero-order valence-corrected chi connectivity index (χ0v) is 13.4. The molecule has 0 aliphatic heterocycles. The summed E-state index contributed by atoms with van der Waals surface area (Å²) in [5, 5.41) is 10.9. The topological polar surface area (TPSA) is 111 Å². The molecule has 2 saturated carbocycles. The summed E-state index contributed by atoms with van der Waals surface area (Å²) >= 11 is 0. The maximum Gasteiger partial charge on any atom is 0.329 e. The van der Waals surface area contributed by atoms with Crippen LogP contribution in [-0.2, 0) is 6.54 Å². The summed E-state index contributed by atoms with van der Waals surface area (Å²) in [5.74, 6) is 3.44. The predicted molar refractivity (Wildman–Crippen MR) is 87.5 cm³/mol. The van der Waals surface area contributed by atoms with Gasteiger partial charge in [0.05, 0.1) is 11.5 Å². The van der Waals surface area contributed by atoms with Gasteiger partial charge < -0.3 is 15.1 Å². The second-order valence-electron chi connectivity index (χ2n) is 6.68. The molecular weight excluding hydrogens is 310 g/mol. The van der Waals surface area contributed by atoms with E-state index in [9.17, 15) is 10.1 Å². The largest absolute Gasteiger partial charge is 0.464 e. The van der Waals surface area contributed by atoms with E-state index in [1.165, 1.54) is 12.6 Å². The fourth-order valence-electron chi connectivity index (χ4n) is 2.97. The van der Waals surface area contributed by atoms with Crippen molar-refractivity contribution >= 4 is 17.5 Å². The molecule has 2 aliphatic carbocycles. The second kappa shape index (κ2) is 5.47. The van der Waals surface area contributed by atoms with E-state index in [4.69, 9.17) is 10.2 Å². The standard InChI is InChI=1S/C16H19N5O3/c1-9-6-12(9)14-5-4-11(24-14)8-20(10-2-3-10)16-18-7-13(21(22)23)15(17)19-16/h4-5,7,9-10,12H,2-3,6,8H2,1H3,(H2,17,18,19)/t9-,12-/m1/s1. The lowest BCUT2D eigenvalue weighted by molar-refractivity contribution is -0.384. The van der Waals surface area contributed by atoms with Gasteiger partial charge in [-0.3, -0.25) is 10.1 Å². The van der Waals surface area contributed by atoms with Gasteiger partial charge in [-0.05, 0) is 37.3 Å². The molecule has 8 heteroatoms. The highest BCUT2D eigenvalue weighted by Gasteiger charge is 2.37. The molecule has 0 radical (unpaired) electrons. The fraction of sp³-hybridized carbons (Fsp3) is 0.500. The van der Waals surface area contributed by atoms with E-state index in [2.05, 4.69) is 16.9 Å². The Hall–Kier alpha value is -2.64. The fourth-order valence-corrected chi connectivity index (χ4v) is 2.97. The van der Waals surface area contributed by atoms with Crippen LogP contribution in [0.15, 0.2) is 22.7 Å². The van der Waals surface area contributed by atoms with Crippen molar-refractivity contribution in [2.24, 2.45) is 5.92 Å². The molecule has 2 aliphatic rings. The Kier molecular flexibility index (Phi) is 3.40. The van der Waals surface area contributed by atoms with E-state index in [1.807, 2.05) is 17.0 Å². The van der Waals surface area contributed by atoms with Gasteiger partial charge >= 0.3 is 5.69 Å². The highest BCUT2D eigenvalue weighted by atomic mass is 16.6. The molecule has 0 saturated heterocycles. The second-order valence-corrected chi connectivity index (χ2v) is 6.68. The van der Waals surface area contributed by atoms with Gasteiger partial charge in [0, 0.05) is 12.0 Å². The van der Waals surface area contributed by atoms with Crippen LogP contribution in [0, 0.1) is 16.0 Å². The van der Waals surface area contributed by atoms with Crippen LogP contribution in [0.5, 0.6) is 0 Å². The molecular formula is C16H19N5O3. The molecule has 0 aromatic carbocycles. The monoisotopic (exact) mass is 329 g/mol. The first kappa shape index (κ1) is 14.9. The van der Waals surface area contributed by atoms with Crippen LogP contribution in [0.3, 0.4) is 0 Å². The normalized spacial score (nSPS) is 22.4. The van der Waals surface area contributed by atoms with Crippen LogP contribution >= 0.6 is 0 Å². The zero-order chi connectivity index (χ0) is 16.8. The van der Waals surface area contributed by atoms with Crippen molar-refractivity contribution in [1.29, 1.82) is 0 Å². The van der Waals surface area contributed by atoms with Crippen LogP contribution in [0.2, 0.25) is 0 Å². The Labute approximate surface area is 138 Å². The maximum absolute atomic E-state index is 10.9. The number of hydrogen-bond donors (Lipinski definition) is 1. The van der Waals surface area contributed by atoms with Gasteiger partial charge in [-0.2, -0.15) is 4.98 Å². The first-order valence-electron chi connectivity index (χ1n) is 8.15. The minimum Gasteiger partial charge on any atom is -0.464 e. The predicted octanol–water partition coefficient (Wildman–Crippen LogP) is 2.85. The first-order chi connectivity index (χ1) is 11.5. The lowest BCUT2D eigenvalue weighted by Crippen LogP contribution is -2.27. The number of nitrogens with two attached hydrogens (primary N) is 1. The molecule has 8 nitrogen and oxygen atoms in total. The van der Waals surface area contributed by atoms with Crippen LogP contribution in [0.1, 0.15) is 43.6 Å². The van der Waals surface area contributed by atoms with Crippen molar-refractivity contribution < 1.29 is 9.34 Å². The number of hydrogen-bond acceptors (Lipinski definition) is 7. The number of rotatable bonds is 6. The SMILES string of the molecule is C[C@@H]1C[C@H]1c1ccc(CN(c2ncc([N+](=O)[O-])c(N)n2)C2CC2)o1. The average molecular weight is 329 g/mol. The van der Waals surface area contributed by atoms with Crippen LogP contribution < -0.4 is 10.6 Å². The van der Waals surface area contributed by atoms with Gasteiger partial charge in [0.15, 0.2) is 0 Å². The molecule has 4 rings (SSSR count). The number of anilines is 2. The first-order valence-corrected chi connectivity index (χ1v) is 8.15. The summed E-state index contributed by atoms with van der Waals surface area (Å²) in [6.45, 7) is 2.76. The minimum atomic E-state index is -0.573. The molecule has 0 spiro atoms. The zero-order valence-electron chi connectivity index (χ0n) is 13.4. The third-order valence-electron chi connectivity index (χ3n) is 4.71. The highest BCUT2D eigenvalue weighted by molar-refractivity contribution is 5.54. The molecule has 2 atom stereocenters. The molecule has 0 bridgehead atoms. The molecule has 24 heavy (non-hydrogen) atoms. The Bertz CT molecular complexity index is 786. The molecule has 2 heterocycles. The summed E-state index contributed by atoms with van der Waals surface area (Å²) in [7, 11) is 0. The smallest absolute Gasteiger partial charge is 0.329 e. The van der Waals surface area contributed by atoms with Gasteiger partial charge in [0.1, 0.15) is 17.7 Å². The molecule has 2 N–H and O–H groups in total. The molecule has 126 valence electrons. The Morgan fingerprint density at radius 1 is 1.46 bits per heavy atom. The molecule has 2 fully saturated rings. The third-order valence-corrected chi connectivity index (χ3v) is 4.71. The van der Waals surface area contributed by atoms with E-state index >= 15 is 0 Å². The van der Waals surface area contributed by atoms with Gasteiger partial charge in [0.2, 0.25) is 11.8 Å². The van der Waals surface area contributed by atoms with E-state index < -0.39 is 4.92 Å². The van der Waals surface area contributed by atoms with E-state index in [0.29, 0.717) is 30.4 Å². The molecule has 2 aromatic rings. The lowest BCUT2D eigenvalue weighted by atomic mass is 10.3. The summed E-state index contributed by atoms with van der Waals surface area (Å²) in [4.78, 5) is 20.6. The lowest BCUT2D eigenvalue weighted by Gasteiger charge is -2.21. The van der Waals surface area contributed by atoms with Gasteiger partial charge in [0.25, 0.3) is 0 Å². The highest BCUT2D eigenvalue weighted by Crippen LogP contribution is 2.47. The Balaban J connectivity index is 1.55. The summed E-state index contributed by atoms with van der Waals surface area (Å²) in [6, 6.07) is 4.36. The quantitative estimate of drug-likeness (QED) is 0.640. The number of nitrogens with zero attached hydrogens (tertiary/aromatic N) is 4. The number of furan rings is 1. The summed E-state index contributed by atoms with van der Waals surface area (Å²) < 4.78 is 5.96. The van der Waals surface area contributed by atoms with Crippen molar-refractivity contribution in [2.45, 2.75) is 44.7 Å². The van der Waals surface area contributed by atoms with Crippen LogP contribution in [-0.4, -0.2) is 20.9 Å². The van der Waals surface area contributed by atoms with Crippen LogP contribution in [0.4, 0.5) is 17.5 Å². The molecule has 2 aromatic heterocycles. The number of nitrogen functional groups attached to an aromatic ring is 1. The van der Waals surface area contributed by atoms with Crippen molar-refractivity contribution in [3.05, 3.63) is 40.0 Å². The molecule has 0 amide bonds. The Morgan fingerprint density at radius 2 is 2.21 bits per heavy atom. The summed E-state index contributed by atoms with van der Waals surface area (Å²) in [6.07, 6.45) is 4.45.